The molecule has 30 heavy (non-hydrogen) atoms. The molecular weight excluding hydrogens is 414 g/mol. The van der Waals surface area contributed by atoms with Gasteiger partial charge in [0.1, 0.15) is 11.4 Å². The minimum Gasteiger partial charge on any atom is -0.350 e. The molecule has 0 aliphatic carbocycles. The van der Waals surface area contributed by atoms with Crippen LogP contribution < -0.4 is 21.5 Å². The molecule has 0 saturated carbocycles. The van der Waals surface area contributed by atoms with Gasteiger partial charge in [-0.05, 0) is 35.9 Å². The lowest BCUT2D eigenvalue weighted by Gasteiger charge is -2.18. The highest BCUT2D eigenvalue weighted by molar-refractivity contribution is 5.82. The van der Waals surface area contributed by atoms with E-state index in [-0.39, 0.29) is 11.8 Å². The maximum absolute atomic E-state index is 13.0. The van der Waals surface area contributed by atoms with E-state index < -0.39 is 45.7 Å². The molecule has 3 aromatic carbocycles. The lowest BCUT2D eigenvalue weighted by molar-refractivity contribution is -0.143. The number of halogens is 6. The Labute approximate surface area is 165 Å². The van der Waals surface area contributed by atoms with Crippen LogP contribution in [0.2, 0.25) is 0 Å². The van der Waals surface area contributed by atoms with Crippen LogP contribution in [0.3, 0.4) is 0 Å². The molecule has 4 nitrogen and oxygen atoms in total. The second-order valence-corrected chi connectivity index (χ2v) is 6.28. The van der Waals surface area contributed by atoms with E-state index in [1.807, 2.05) is 0 Å². The maximum atomic E-state index is 13.0. The topological polar surface area (TPSA) is 58.2 Å². The highest BCUT2D eigenvalue weighted by atomic mass is 19.4. The normalized spacial score (nSPS) is 12.1. The number of hydrogen-bond acceptors (Lipinski definition) is 4. The first-order valence-electron chi connectivity index (χ1n) is 8.29. The standard InChI is InChI=1S/C20H12F6N2O2/c1-2-10-3-5-13(6-4-10)27-15-16(18(30)17(15)29)28-14-8-11(19(21,22)23)7-12(9-14)20(24,25)26/h2-9,27-28H,1H2. The Balaban J connectivity index is 1.97. The van der Waals surface area contributed by atoms with E-state index in [1.54, 1.807) is 30.3 Å². The van der Waals surface area contributed by atoms with Crippen molar-refractivity contribution in [1.82, 2.24) is 0 Å². The summed E-state index contributed by atoms with van der Waals surface area (Å²) in [5.41, 5.74) is -5.28. The van der Waals surface area contributed by atoms with Crippen molar-refractivity contribution in [3.05, 3.63) is 86.2 Å². The summed E-state index contributed by atoms with van der Waals surface area (Å²) in [7, 11) is 0. The summed E-state index contributed by atoms with van der Waals surface area (Å²) in [5, 5.41) is 4.84. The first-order chi connectivity index (χ1) is 13.9. The Morgan fingerprint density at radius 2 is 1.13 bits per heavy atom. The van der Waals surface area contributed by atoms with Crippen LogP contribution in [0.1, 0.15) is 16.7 Å². The first kappa shape index (κ1) is 21.2. The third-order valence-electron chi connectivity index (χ3n) is 4.18. The maximum Gasteiger partial charge on any atom is 0.416 e. The Bertz CT molecular complexity index is 1140. The highest BCUT2D eigenvalue weighted by Gasteiger charge is 2.37. The summed E-state index contributed by atoms with van der Waals surface area (Å²) in [6.07, 6.45) is -8.51. The molecule has 0 radical (unpaired) electrons. The zero-order valence-corrected chi connectivity index (χ0v) is 14.9. The fraction of sp³-hybridized carbons (Fsp3) is 0.100. The second-order valence-electron chi connectivity index (χ2n) is 6.28. The van der Waals surface area contributed by atoms with Gasteiger partial charge >= 0.3 is 12.4 Å². The third-order valence-corrected chi connectivity index (χ3v) is 4.18. The van der Waals surface area contributed by atoms with Gasteiger partial charge in [-0.3, -0.25) is 9.59 Å². The summed E-state index contributed by atoms with van der Waals surface area (Å²) >= 11 is 0. The third kappa shape index (κ3) is 4.22. The van der Waals surface area contributed by atoms with E-state index in [9.17, 15) is 35.9 Å². The molecule has 0 spiro atoms. The van der Waals surface area contributed by atoms with Crippen molar-refractivity contribution in [2.75, 3.05) is 10.6 Å². The fourth-order valence-corrected chi connectivity index (χ4v) is 2.65. The number of anilines is 4. The summed E-state index contributed by atoms with van der Waals surface area (Å²) in [6, 6.07) is 7.23. The minimum absolute atomic E-state index is 0.0341. The molecule has 0 atom stereocenters. The van der Waals surface area contributed by atoms with Crippen molar-refractivity contribution in [2.45, 2.75) is 12.4 Å². The van der Waals surface area contributed by atoms with Crippen molar-refractivity contribution >= 4 is 28.8 Å². The lowest BCUT2D eigenvalue weighted by Crippen LogP contribution is -2.35. The van der Waals surface area contributed by atoms with E-state index in [4.69, 9.17) is 0 Å². The van der Waals surface area contributed by atoms with Crippen LogP contribution in [-0.4, -0.2) is 0 Å². The van der Waals surface area contributed by atoms with Crippen molar-refractivity contribution in [3.8, 4) is 0 Å². The van der Waals surface area contributed by atoms with Crippen LogP contribution in [0.25, 0.3) is 6.08 Å². The zero-order valence-electron chi connectivity index (χ0n) is 14.9. The molecule has 0 saturated heterocycles. The zero-order chi connectivity index (χ0) is 22.3. The molecule has 3 aromatic rings. The molecular formula is C20H12F6N2O2. The quantitative estimate of drug-likeness (QED) is 0.421. The van der Waals surface area contributed by atoms with E-state index in [0.717, 1.165) is 5.56 Å². The minimum atomic E-state index is -5.04. The molecule has 0 aliphatic rings. The highest BCUT2D eigenvalue weighted by Crippen LogP contribution is 2.38. The molecule has 0 aliphatic heterocycles. The van der Waals surface area contributed by atoms with E-state index in [1.165, 1.54) is 0 Å². The molecule has 3 rings (SSSR count). The number of nitrogens with one attached hydrogen (secondary N) is 2. The molecule has 10 heteroatoms. The lowest BCUT2D eigenvalue weighted by atomic mass is 10.1. The largest absolute Gasteiger partial charge is 0.416 e. The van der Waals surface area contributed by atoms with E-state index in [0.29, 0.717) is 17.8 Å². The molecule has 0 bridgehead atoms. The average Bonchev–Trinajstić information content (AvgIpc) is 2.69. The molecule has 0 heterocycles. The Morgan fingerprint density at radius 3 is 1.53 bits per heavy atom. The summed E-state index contributed by atoms with van der Waals surface area (Å²) in [5.74, 6) is 0. The second kappa shape index (κ2) is 7.36. The fourth-order valence-electron chi connectivity index (χ4n) is 2.65. The summed E-state index contributed by atoms with van der Waals surface area (Å²) < 4.78 is 77.9. The van der Waals surface area contributed by atoms with Crippen LogP contribution in [0.5, 0.6) is 0 Å². The number of benzene rings is 2. The average molecular weight is 426 g/mol. The Kier molecular flexibility index (Phi) is 5.19. The SMILES string of the molecule is C=Cc1ccc(Nc2c(Nc3cc(C(F)(F)F)cc(C(F)(F)F)c3)c(=O)c2=O)cc1. The van der Waals surface area contributed by atoms with Gasteiger partial charge in [0.05, 0.1) is 11.1 Å². The van der Waals surface area contributed by atoms with Crippen LogP contribution in [-0.2, 0) is 12.4 Å². The monoisotopic (exact) mass is 426 g/mol. The molecule has 156 valence electrons. The molecule has 2 N–H and O–H groups in total. The van der Waals surface area contributed by atoms with Gasteiger partial charge in [-0.25, -0.2) is 0 Å². The van der Waals surface area contributed by atoms with Crippen molar-refractivity contribution < 1.29 is 26.3 Å². The molecule has 0 fully saturated rings. The van der Waals surface area contributed by atoms with Crippen LogP contribution in [0.4, 0.5) is 49.1 Å². The van der Waals surface area contributed by atoms with Crippen molar-refractivity contribution in [3.63, 3.8) is 0 Å². The molecule has 0 amide bonds. The predicted octanol–water partition coefficient (Wildman–Crippen LogP) is 5.45. The number of alkyl halides is 6. The summed E-state index contributed by atoms with van der Waals surface area (Å²) in [6.45, 7) is 3.58. The van der Waals surface area contributed by atoms with Gasteiger partial charge in [0.2, 0.25) is 0 Å². The van der Waals surface area contributed by atoms with Gasteiger partial charge in [-0.1, -0.05) is 24.8 Å². The van der Waals surface area contributed by atoms with Crippen molar-refractivity contribution in [2.24, 2.45) is 0 Å². The van der Waals surface area contributed by atoms with Gasteiger partial charge in [-0.2, -0.15) is 26.3 Å². The number of hydrogen-bond donors (Lipinski definition) is 2. The predicted molar refractivity (Wildman–Crippen MR) is 101 cm³/mol. The van der Waals surface area contributed by atoms with Crippen LogP contribution in [0.15, 0.2) is 58.6 Å². The van der Waals surface area contributed by atoms with Gasteiger partial charge in [0, 0.05) is 11.4 Å². The van der Waals surface area contributed by atoms with Gasteiger partial charge in [-0.15, -0.1) is 0 Å². The molecule has 0 unspecified atom stereocenters. The molecule has 0 aromatic heterocycles. The number of rotatable bonds is 5. The Hall–Kier alpha value is -3.56. The van der Waals surface area contributed by atoms with Crippen molar-refractivity contribution in [1.29, 1.82) is 0 Å². The first-order valence-corrected chi connectivity index (χ1v) is 8.29. The summed E-state index contributed by atoms with van der Waals surface area (Å²) in [4.78, 5) is 23.7. The Morgan fingerprint density at radius 1 is 0.700 bits per heavy atom. The smallest absolute Gasteiger partial charge is 0.350 e. The van der Waals surface area contributed by atoms with E-state index in [2.05, 4.69) is 17.2 Å². The van der Waals surface area contributed by atoms with Gasteiger partial charge < -0.3 is 10.6 Å². The van der Waals surface area contributed by atoms with Gasteiger partial charge in [0.15, 0.2) is 0 Å². The van der Waals surface area contributed by atoms with E-state index >= 15 is 0 Å². The van der Waals surface area contributed by atoms with Gasteiger partial charge in [0.25, 0.3) is 10.9 Å². The van der Waals surface area contributed by atoms with Crippen LogP contribution >= 0.6 is 0 Å². The van der Waals surface area contributed by atoms with Crippen LogP contribution in [0, 0.1) is 0 Å².